The van der Waals surface area contributed by atoms with Gasteiger partial charge < -0.3 is 10.0 Å². The lowest BCUT2D eigenvalue weighted by atomic mass is 9.80. The van der Waals surface area contributed by atoms with E-state index in [1.165, 1.54) is 0 Å². The minimum Gasteiger partial charge on any atom is -0.465 e. The van der Waals surface area contributed by atoms with Gasteiger partial charge in [-0.2, -0.15) is 0 Å². The lowest BCUT2D eigenvalue weighted by Crippen LogP contribution is -2.62. The summed E-state index contributed by atoms with van der Waals surface area (Å²) in [5.41, 5.74) is -0.0213. The minimum absolute atomic E-state index is 0.0213. The lowest BCUT2D eigenvalue weighted by Gasteiger charge is -2.49. The highest BCUT2D eigenvalue weighted by Gasteiger charge is 2.41. The molecule has 2 atom stereocenters. The summed E-state index contributed by atoms with van der Waals surface area (Å²) in [7, 11) is 2.06. The molecule has 1 aliphatic heterocycles. The van der Waals surface area contributed by atoms with E-state index in [-0.39, 0.29) is 17.5 Å². The number of carboxylic acid groups (broad SMARTS) is 1. The zero-order valence-corrected chi connectivity index (χ0v) is 10.3. The van der Waals surface area contributed by atoms with Crippen molar-refractivity contribution in [3.8, 4) is 0 Å². The molecule has 4 nitrogen and oxygen atoms in total. The molecule has 1 aliphatic rings. The molecule has 0 saturated carbocycles. The molecule has 1 rings (SSSR count). The second-order valence-electron chi connectivity index (χ2n) is 5.51. The number of piperazine rings is 1. The van der Waals surface area contributed by atoms with Gasteiger partial charge in [-0.1, -0.05) is 20.8 Å². The predicted molar refractivity (Wildman–Crippen MR) is 60.1 cm³/mol. The van der Waals surface area contributed by atoms with Gasteiger partial charge in [0.25, 0.3) is 0 Å². The number of amides is 1. The molecule has 1 unspecified atom stereocenters. The van der Waals surface area contributed by atoms with Gasteiger partial charge in [-0.25, -0.2) is 4.79 Å². The molecular weight excluding hydrogens is 192 g/mol. The molecule has 1 heterocycles. The molecule has 0 bridgehead atoms. The van der Waals surface area contributed by atoms with Gasteiger partial charge in [0.15, 0.2) is 0 Å². The van der Waals surface area contributed by atoms with Crippen molar-refractivity contribution in [2.45, 2.75) is 39.8 Å². The minimum atomic E-state index is -0.796. The van der Waals surface area contributed by atoms with Crippen LogP contribution in [0.25, 0.3) is 0 Å². The monoisotopic (exact) mass is 214 g/mol. The van der Waals surface area contributed by atoms with Gasteiger partial charge in [-0.05, 0) is 19.4 Å². The zero-order chi connectivity index (χ0) is 11.8. The molecular formula is C11H22N2O2. The van der Waals surface area contributed by atoms with Crippen molar-refractivity contribution in [1.82, 2.24) is 9.80 Å². The second-order valence-corrected chi connectivity index (χ2v) is 5.51. The van der Waals surface area contributed by atoms with Gasteiger partial charge >= 0.3 is 6.09 Å². The van der Waals surface area contributed by atoms with Crippen LogP contribution in [0.3, 0.4) is 0 Å². The van der Waals surface area contributed by atoms with Gasteiger partial charge in [0, 0.05) is 19.1 Å². The van der Waals surface area contributed by atoms with Crippen LogP contribution >= 0.6 is 0 Å². The van der Waals surface area contributed by atoms with E-state index in [0.717, 1.165) is 6.54 Å². The molecule has 0 spiro atoms. The standard InChI is InChI=1S/C11H22N2O2/c1-8-9(11(2,3)4)13(10(14)15)7-6-12(8)5/h8-9H,6-7H2,1-5H3,(H,14,15)/t8-,9?/m1/s1. The van der Waals surface area contributed by atoms with Crippen molar-refractivity contribution in [3.05, 3.63) is 0 Å². The van der Waals surface area contributed by atoms with Crippen LogP contribution in [-0.4, -0.2) is 53.2 Å². The summed E-state index contributed by atoms with van der Waals surface area (Å²) in [6.45, 7) is 9.83. The van der Waals surface area contributed by atoms with E-state index in [2.05, 4.69) is 39.6 Å². The van der Waals surface area contributed by atoms with Crippen LogP contribution in [0, 0.1) is 5.41 Å². The number of likely N-dealkylation sites (N-methyl/N-ethyl adjacent to an activating group) is 1. The Kier molecular flexibility index (Phi) is 3.28. The Morgan fingerprint density at radius 1 is 1.33 bits per heavy atom. The molecule has 1 fully saturated rings. The quantitative estimate of drug-likeness (QED) is 0.667. The van der Waals surface area contributed by atoms with Crippen LogP contribution in [0.5, 0.6) is 0 Å². The predicted octanol–water partition coefficient (Wildman–Crippen LogP) is 1.72. The second kappa shape index (κ2) is 4.00. The normalized spacial score (nSPS) is 29.3. The van der Waals surface area contributed by atoms with Crippen molar-refractivity contribution >= 4 is 6.09 Å². The van der Waals surface area contributed by atoms with Crippen LogP contribution in [-0.2, 0) is 0 Å². The fourth-order valence-corrected chi connectivity index (χ4v) is 2.52. The van der Waals surface area contributed by atoms with E-state index in [9.17, 15) is 9.90 Å². The van der Waals surface area contributed by atoms with Crippen LogP contribution < -0.4 is 0 Å². The van der Waals surface area contributed by atoms with Crippen LogP contribution in [0.2, 0.25) is 0 Å². The highest BCUT2D eigenvalue weighted by Crippen LogP contribution is 2.31. The summed E-state index contributed by atoms with van der Waals surface area (Å²) < 4.78 is 0. The van der Waals surface area contributed by atoms with Gasteiger partial charge in [-0.3, -0.25) is 4.90 Å². The largest absolute Gasteiger partial charge is 0.465 e. The smallest absolute Gasteiger partial charge is 0.407 e. The number of hydrogen-bond acceptors (Lipinski definition) is 2. The van der Waals surface area contributed by atoms with E-state index >= 15 is 0 Å². The van der Waals surface area contributed by atoms with Crippen LogP contribution in [0.4, 0.5) is 4.79 Å². The first-order valence-corrected chi connectivity index (χ1v) is 5.45. The van der Waals surface area contributed by atoms with Gasteiger partial charge in [-0.15, -0.1) is 0 Å². The number of nitrogens with zero attached hydrogens (tertiary/aromatic N) is 2. The van der Waals surface area contributed by atoms with Crippen LogP contribution in [0.15, 0.2) is 0 Å². The fourth-order valence-electron chi connectivity index (χ4n) is 2.52. The van der Waals surface area contributed by atoms with E-state index in [4.69, 9.17) is 0 Å². The maximum absolute atomic E-state index is 11.2. The SMILES string of the molecule is C[C@@H]1C(C(C)(C)C)N(C(=O)O)CCN1C. The van der Waals surface area contributed by atoms with Gasteiger partial charge in [0.1, 0.15) is 0 Å². The van der Waals surface area contributed by atoms with Crippen molar-refractivity contribution in [3.63, 3.8) is 0 Å². The molecule has 0 aliphatic carbocycles. The lowest BCUT2D eigenvalue weighted by molar-refractivity contribution is -0.00422. The number of hydrogen-bond donors (Lipinski definition) is 1. The topological polar surface area (TPSA) is 43.8 Å². The Bertz CT molecular complexity index is 247. The summed E-state index contributed by atoms with van der Waals surface area (Å²) in [5, 5.41) is 9.18. The first kappa shape index (κ1) is 12.3. The maximum atomic E-state index is 11.2. The fraction of sp³-hybridized carbons (Fsp3) is 0.909. The molecule has 0 aromatic rings. The summed E-state index contributed by atoms with van der Waals surface area (Å²) in [5.74, 6) is 0. The van der Waals surface area contributed by atoms with E-state index in [1.54, 1.807) is 4.90 Å². The summed E-state index contributed by atoms with van der Waals surface area (Å²) >= 11 is 0. The third-order valence-corrected chi connectivity index (χ3v) is 3.31. The zero-order valence-electron chi connectivity index (χ0n) is 10.3. The Labute approximate surface area is 91.9 Å². The van der Waals surface area contributed by atoms with Crippen molar-refractivity contribution in [2.24, 2.45) is 5.41 Å². The summed E-state index contributed by atoms with van der Waals surface area (Å²) in [6.07, 6.45) is -0.796. The van der Waals surface area contributed by atoms with E-state index < -0.39 is 6.09 Å². The van der Waals surface area contributed by atoms with Crippen molar-refractivity contribution < 1.29 is 9.90 Å². The average molecular weight is 214 g/mol. The summed E-state index contributed by atoms with van der Waals surface area (Å²) in [6, 6.07) is 0.337. The molecule has 88 valence electrons. The van der Waals surface area contributed by atoms with E-state index in [0.29, 0.717) is 6.54 Å². The Hall–Kier alpha value is -0.770. The van der Waals surface area contributed by atoms with Crippen LogP contribution in [0.1, 0.15) is 27.7 Å². The van der Waals surface area contributed by atoms with Gasteiger partial charge in [0.05, 0.1) is 6.04 Å². The Balaban J connectivity index is 2.95. The highest BCUT2D eigenvalue weighted by atomic mass is 16.4. The third kappa shape index (κ3) is 2.43. The highest BCUT2D eigenvalue weighted by molar-refractivity contribution is 5.66. The Morgan fingerprint density at radius 2 is 1.87 bits per heavy atom. The number of rotatable bonds is 0. The molecule has 1 N–H and O–H groups in total. The average Bonchev–Trinajstić information content (AvgIpc) is 2.06. The molecule has 1 amide bonds. The third-order valence-electron chi connectivity index (χ3n) is 3.31. The molecule has 4 heteroatoms. The molecule has 0 aromatic carbocycles. The maximum Gasteiger partial charge on any atom is 0.407 e. The van der Waals surface area contributed by atoms with Gasteiger partial charge in [0.2, 0.25) is 0 Å². The van der Waals surface area contributed by atoms with Crippen molar-refractivity contribution in [1.29, 1.82) is 0 Å². The molecule has 0 aromatic heterocycles. The van der Waals surface area contributed by atoms with E-state index in [1.807, 2.05) is 0 Å². The Morgan fingerprint density at radius 3 is 2.27 bits per heavy atom. The first-order chi connectivity index (χ1) is 6.75. The molecule has 15 heavy (non-hydrogen) atoms. The molecule has 0 radical (unpaired) electrons. The summed E-state index contributed by atoms with van der Waals surface area (Å²) in [4.78, 5) is 15.0. The van der Waals surface area contributed by atoms with Crippen molar-refractivity contribution in [2.75, 3.05) is 20.1 Å². The molecule has 1 saturated heterocycles. The first-order valence-electron chi connectivity index (χ1n) is 5.45. The number of carbonyl (C=O) groups is 1.